The number of pyridine rings is 1. The molecule has 2 aromatic rings. The zero-order valence-corrected chi connectivity index (χ0v) is 17.0. The number of likely N-dealkylation sites (tertiary alicyclic amines) is 1. The summed E-state index contributed by atoms with van der Waals surface area (Å²) in [6.07, 6.45) is 6.29. The molecule has 3 fully saturated rings. The minimum Gasteiger partial charge on any atom is -0.486 e. The molecule has 2 aliphatic carbocycles. The van der Waals surface area contributed by atoms with Crippen LogP contribution in [0.4, 0.5) is 0 Å². The van der Waals surface area contributed by atoms with E-state index in [0.717, 1.165) is 44.2 Å². The first-order chi connectivity index (χ1) is 13.6. The summed E-state index contributed by atoms with van der Waals surface area (Å²) in [7, 11) is 0. The second kappa shape index (κ2) is 6.76. The maximum Gasteiger partial charge on any atom is 0.254 e. The van der Waals surface area contributed by atoms with Crippen molar-refractivity contribution in [2.75, 3.05) is 13.1 Å². The lowest BCUT2D eigenvalue weighted by Gasteiger charge is -2.43. The molecule has 0 atom stereocenters. The Balaban J connectivity index is 1.25. The Bertz CT molecular complexity index is 933. The van der Waals surface area contributed by atoms with Crippen molar-refractivity contribution < 1.29 is 9.53 Å². The van der Waals surface area contributed by atoms with Gasteiger partial charge in [0.25, 0.3) is 5.56 Å². The number of carbonyl (C=O) groups excluding carboxylic acids is 1. The first-order valence-corrected chi connectivity index (χ1v) is 11.2. The molecule has 2 saturated carbocycles. The lowest BCUT2D eigenvalue weighted by molar-refractivity contribution is -0.146. The summed E-state index contributed by atoms with van der Waals surface area (Å²) < 4.78 is 7.90. The lowest BCUT2D eigenvalue weighted by atomic mass is 9.82. The van der Waals surface area contributed by atoms with Crippen molar-refractivity contribution in [2.45, 2.75) is 63.0 Å². The molecule has 0 aromatic carbocycles. The summed E-state index contributed by atoms with van der Waals surface area (Å²) in [5.74, 6) is 0.887. The fourth-order valence-corrected chi connectivity index (χ4v) is 5.80. The van der Waals surface area contributed by atoms with E-state index in [1.165, 1.54) is 4.88 Å². The highest BCUT2D eigenvalue weighted by molar-refractivity contribution is 7.10. The number of hydrogen-bond donors (Lipinski definition) is 0. The van der Waals surface area contributed by atoms with Crippen molar-refractivity contribution >= 4 is 17.2 Å². The average molecular weight is 399 g/mol. The van der Waals surface area contributed by atoms with Gasteiger partial charge in [0.15, 0.2) is 0 Å². The van der Waals surface area contributed by atoms with Crippen LogP contribution in [0.5, 0.6) is 5.75 Å². The second-order valence-corrected chi connectivity index (χ2v) is 9.44. The van der Waals surface area contributed by atoms with Crippen LogP contribution in [0, 0.1) is 6.92 Å². The smallest absolute Gasteiger partial charge is 0.254 e. The number of aryl methyl sites for hydroxylation is 1. The molecule has 28 heavy (non-hydrogen) atoms. The van der Waals surface area contributed by atoms with Gasteiger partial charge >= 0.3 is 0 Å². The van der Waals surface area contributed by atoms with Crippen molar-refractivity contribution in [1.29, 1.82) is 0 Å². The molecule has 1 amide bonds. The van der Waals surface area contributed by atoms with E-state index < -0.39 is 0 Å². The molecule has 0 N–H and O–H groups in total. The number of aromatic nitrogens is 1. The number of hydrogen-bond acceptors (Lipinski definition) is 4. The van der Waals surface area contributed by atoms with Gasteiger partial charge in [-0.25, -0.2) is 0 Å². The molecule has 1 aliphatic heterocycles. The predicted octanol–water partition coefficient (Wildman–Crippen LogP) is 3.65. The van der Waals surface area contributed by atoms with Gasteiger partial charge in [-0.1, -0.05) is 18.9 Å². The van der Waals surface area contributed by atoms with Crippen LogP contribution in [0.2, 0.25) is 0 Å². The molecule has 148 valence electrons. The fourth-order valence-electron chi connectivity index (χ4n) is 4.82. The van der Waals surface area contributed by atoms with Crippen molar-refractivity contribution in [3.63, 3.8) is 0 Å². The molecule has 0 unspecified atom stereocenters. The maximum atomic E-state index is 13.3. The number of rotatable bonds is 5. The number of amides is 1. The molecular formula is C22H26N2O3S. The maximum absolute atomic E-state index is 13.3. The minimum absolute atomic E-state index is 0.0207. The SMILES string of the molecule is Cc1cc(OC2CN(C(=O)C3(c4cccs4)CCCC3)C2)cc(=O)n1C1CC1. The molecule has 1 saturated heterocycles. The molecule has 0 radical (unpaired) electrons. The zero-order valence-electron chi connectivity index (χ0n) is 16.2. The van der Waals surface area contributed by atoms with Gasteiger partial charge in [-0.05, 0) is 50.1 Å². The molecule has 0 spiro atoms. The normalized spacial score (nSPS) is 21.5. The van der Waals surface area contributed by atoms with E-state index in [1.54, 1.807) is 17.4 Å². The average Bonchev–Trinajstić information content (AvgIpc) is 3.11. The molecule has 0 bridgehead atoms. The zero-order chi connectivity index (χ0) is 19.3. The van der Waals surface area contributed by atoms with Gasteiger partial charge in [0.1, 0.15) is 11.9 Å². The summed E-state index contributed by atoms with van der Waals surface area (Å²) in [6, 6.07) is 8.08. The summed E-state index contributed by atoms with van der Waals surface area (Å²) >= 11 is 1.70. The summed E-state index contributed by atoms with van der Waals surface area (Å²) in [5.41, 5.74) is 0.660. The van der Waals surface area contributed by atoms with Crippen molar-refractivity contribution in [2.24, 2.45) is 0 Å². The van der Waals surface area contributed by atoms with E-state index in [4.69, 9.17) is 4.74 Å². The first-order valence-electron chi connectivity index (χ1n) is 10.3. The van der Waals surface area contributed by atoms with Crippen LogP contribution in [-0.2, 0) is 10.2 Å². The Hall–Kier alpha value is -2.08. The second-order valence-electron chi connectivity index (χ2n) is 8.49. The van der Waals surface area contributed by atoms with Gasteiger partial charge in [0.2, 0.25) is 5.91 Å². The molecule has 3 aliphatic rings. The van der Waals surface area contributed by atoms with Gasteiger partial charge in [0.05, 0.1) is 18.5 Å². The van der Waals surface area contributed by atoms with Gasteiger partial charge in [0, 0.05) is 22.7 Å². The van der Waals surface area contributed by atoms with Gasteiger partial charge in [-0.2, -0.15) is 0 Å². The highest BCUT2D eigenvalue weighted by atomic mass is 32.1. The lowest BCUT2D eigenvalue weighted by Crippen LogP contribution is -2.60. The van der Waals surface area contributed by atoms with E-state index in [9.17, 15) is 9.59 Å². The molecular weight excluding hydrogens is 372 g/mol. The van der Waals surface area contributed by atoms with Crippen molar-refractivity contribution in [3.05, 3.63) is 50.6 Å². The standard InChI is InChI=1S/C22H26N2O3S/c1-15-11-17(12-20(25)24(15)16-6-7-16)27-18-13-23(14-18)21(26)22(8-2-3-9-22)19-5-4-10-28-19/h4-5,10-12,16,18H,2-3,6-9,13-14H2,1H3. The third kappa shape index (κ3) is 2.98. The molecule has 5 nitrogen and oxygen atoms in total. The largest absolute Gasteiger partial charge is 0.486 e. The van der Waals surface area contributed by atoms with Crippen LogP contribution >= 0.6 is 11.3 Å². The molecule has 5 rings (SSSR count). The summed E-state index contributed by atoms with van der Waals surface area (Å²) in [6.45, 7) is 3.18. The quantitative estimate of drug-likeness (QED) is 0.772. The Kier molecular flexibility index (Phi) is 4.34. The van der Waals surface area contributed by atoms with Crippen molar-refractivity contribution in [3.8, 4) is 5.75 Å². The third-order valence-corrected chi connectivity index (χ3v) is 7.52. The van der Waals surface area contributed by atoms with Crippen LogP contribution in [0.25, 0.3) is 0 Å². The minimum atomic E-state index is -0.319. The van der Waals surface area contributed by atoms with E-state index >= 15 is 0 Å². The van der Waals surface area contributed by atoms with Crippen molar-refractivity contribution in [1.82, 2.24) is 9.47 Å². The Morgan fingerprint density at radius 2 is 1.96 bits per heavy atom. The first kappa shape index (κ1) is 18.0. The summed E-state index contributed by atoms with van der Waals surface area (Å²) in [4.78, 5) is 28.8. The van der Waals surface area contributed by atoms with E-state index in [2.05, 4.69) is 11.4 Å². The Morgan fingerprint density at radius 1 is 1.21 bits per heavy atom. The van der Waals surface area contributed by atoms with E-state index in [-0.39, 0.29) is 23.0 Å². The number of nitrogens with zero attached hydrogens (tertiary/aromatic N) is 2. The fraction of sp³-hybridized carbons (Fsp3) is 0.545. The van der Waals surface area contributed by atoms with E-state index in [1.807, 2.05) is 28.5 Å². The van der Waals surface area contributed by atoms with Crippen LogP contribution in [0.15, 0.2) is 34.4 Å². The predicted molar refractivity (Wildman–Crippen MR) is 109 cm³/mol. The Morgan fingerprint density at radius 3 is 2.57 bits per heavy atom. The Labute approximate surface area is 168 Å². The highest BCUT2D eigenvalue weighted by Gasteiger charge is 2.48. The van der Waals surface area contributed by atoms with Crippen LogP contribution in [0.1, 0.15) is 55.1 Å². The third-order valence-electron chi connectivity index (χ3n) is 6.44. The van der Waals surface area contributed by atoms with Crippen LogP contribution in [0.3, 0.4) is 0 Å². The van der Waals surface area contributed by atoms with Gasteiger partial charge < -0.3 is 14.2 Å². The highest BCUT2D eigenvalue weighted by Crippen LogP contribution is 2.45. The molecule has 3 heterocycles. The van der Waals surface area contributed by atoms with Crippen LogP contribution in [-0.4, -0.2) is 34.6 Å². The molecule has 2 aromatic heterocycles. The number of thiophene rings is 1. The number of ether oxygens (including phenoxy) is 1. The van der Waals surface area contributed by atoms with Crippen LogP contribution < -0.4 is 10.3 Å². The van der Waals surface area contributed by atoms with Gasteiger partial charge in [-0.3, -0.25) is 9.59 Å². The van der Waals surface area contributed by atoms with Gasteiger partial charge in [-0.15, -0.1) is 11.3 Å². The monoisotopic (exact) mass is 398 g/mol. The molecule has 6 heteroatoms. The summed E-state index contributed by atoms with van der Waals surface area (Å²) in [5, 5.41) is 2.07. The van der Waals surface area contributed by atoms with E-state index in [0.29, 0.717) is 24.9 Å². The number of carbonyl (C=O) groups is 1. The topological polar surface area (TPSA) is 51.5 Å².